The lowest BCUT2D eigenvalue weighted by Crippen LogP contribution is -2.07. The van der Waals surface area contributed by atoms with Gasteiger partial charge in [0.2, 0.25) is 5.95 Å². The normalized spacial score (nSPS) is 12.1. The van der Waals surface area contributed by atoms with Crippen molar-refractivity contribution < 1.29 is 0 Å². The average Bonchev–Trinajstić information content (AvgIpc) is 4.09. The smallest absolute Gasteiger partial charge is 0.238 e. The average molecular weight is 896 g/mol. The van der Waals surface area contributed by atoms with Crippen molar-refractivity contribution in [3.8, 4) is 45.5 Å². The molecule has 15 aromatic rings. The quantitative estimate of drug-likeness (QED) is 0.162. The van der Waals surface area contributed by atoms with Crippen LogP contribution in [0.1, 0.15) is 0 Å². The lowest BCUT2D eigenvalue weighted by molar-refractivity contribution is 0.954. The number of benzene rings is 11. The van der Waals surface area contributed by atoms with Crippen LogP contribution in [0.25, 0.3) is 142 Å². The second kappa shape index (κ2) is 14.8. The molecule has 11 aromatic carbocycles. The van der Waals surface area contributed by atoms with Gasteiger partial charge < -0.3 is 4.57 Å². The van der Waals surface area contributed by atoms with E-state index in [4.69, 9.17) is 15.0 Å². The highest BCUT2D eigenvalue weighted by Gasteiger charge is 2.24. The highest BCUT2D eigenvalue weighted by atomic mass is 32.1. The number of aromatic nitrogens is 5. The van der Waals surface area contributed by atoms with E-state index >= 15 is 0 Å². The summed E-state index contributed by atoms with van der Waals surface area (Å²) in [6.07, 6.45) is 0. The van der Waals surface area contributed by atoms with Gasteiger partial charge in [-0.1, -0.05) is 182 Å². The lowest BCUT2D eigenvalue weighted by atomic mass is 9.92. The minimum Gasteiger partial charge on any atom is -0.307 e. The summed E-state index contributed by atoms with van der Waals surface area (Å²) < 4.78 is 7.14. The maximum atomic E-state index is 5.51. The van der Waals surface area contributed by atoms with Crippen molar-refractivity contribution in [2.24, 2.45) is 0 Å². The summed E-state index contributed by atoms with van der Waals surface area (Å²) in [5.74, 6) is 1.83. The van der Waals surface area contributed by atoms with Crippen LogP contribution >= 0.6 is 11.3 Å². The van der Waals surface area contributed by atoms with Gasteiger partial charge >= 0.3 is 0 Å². The molecule has 4 heterocycles. The molecule has 0 amide bonds. The first-order valence-electron chi connectivity index (χ1n) is 23.4. The van der Waals surface area contributed by atoms with Crippen molar-refractivity contribution in [3.05, 3.63) is 224 Å². The van der Waals surface area contributed by atoms with Gasteiger partial charge in [-0.05, 0) is 85.9 Å². The Morgan fingerprint density at radius 2 is 0.812 bits per heavy atom. The molecule has 0 aliphatic heterocycles. The summed E-state index contributed by atoms with van der Waals surface area (Å²) in [5, 5.41) is 14.6. The van der Waals surface area contributed by atoms with Gasteiger partial charge in [-0.25, -0.2) is 4.98 Å². The third-order valence-electron chi connectivity index (χ3n) is 14.2. The van der Waals surface area contributed by atoms with Crippen molar-refractivity contribution in [3.63, 3.8) is 0 Å². The van der Waals surface area contributed by atoms with E-state index in [1.54, 1.807) is 11.3 Å². The third kappa shape index (κ3) is 5.67. The van der Waals surface area contributed by atoms with Gasteiger partial charge in [0.1, 0.15) is 0 Å². The highest BCUT2D eigenvalue weighted by molar-refractivity contribution is 7.26. The molecule has 0 bridgehead atoms. The molecular formula is C63H37N5S. The van der Waals surface area contributed by atoms with E-state index in [9.17, 15) is 0 Å². The summed E-state index contributed by atoms with van der Waals surface area (Å²) in [5.41, 5.74) is 9.59. The Bertz CT molecular complexity index is 4580. The summed E-state index contributed by atoms with van der Waals surface area (Å²) in [4.78, 5) is 16.2. The van der Waals surface area contributed by atoms with Crippen LogP contribution in [-0.4, -0.2) is 24.1 Å². The van der Waals surface area contributed by atoms with Crippen LogP contribution in [0.2, 0.25) is 0 Å². The zero-order chi connectivity index (χ0) is 45.2. The van der Waals surface area contributed by atoms with Crippen molar-refractivity contribution in [2.75, 3.05) is 0 Å². The zero-order valence-corrected chi connectivity index (χ0v) is 37.8. The van der Waals surface area contributed by atoms with E-state index in [0.717, 1.165) is 65.3 Å². The molecule has 0 atom stereocenters. The van der Waals surface area contributed by atoms with Gasteiger partial charge in [0, 0.05) is 58.5 Å². The number of nitrogens with zero attached hydrogens (tertiary/aromatic N) is 5. The molecule has 5 nitrogen and oxygen atoms in total. The fourth-order valence-corrected chi connectivity index (χ4v) is 12.3. The standard InChI is InChI=1S/C63H37N5S/c1-2-16-38(17-3-1)61-64-62(53-28-15-27-52-49-26-10-13-31-57(49)69-60(52)53)66-63(65-61)68-56-30-12-9-25-48(56)51-35-34-50-47-24-8-11-29-55(47)67(58(50)59(51)68)41-19-14-18-39(36-41)40-32-33-46-44-22-5-4-20-42(44)43-21-6-7-23-45(43)54(46)37-40/h1-37H. The Balaban J connectivity index is 1.01. The SMILES string of the molecule is c1ccc(-c2nc(-c3cccc4c3sc3ccccc34)nc(-n3c4ccccc4c4ccc5c6ccccc6n(-c6cccc(-c7ccc8c9ccccc9c9ccccc9c8c7)c6)c5c43)n2)cc1. The fraction of sp³-hybridized carbons (Fsp3) is 0. The van der Waals surface area contributed by atoms with Crippen molar-refractivity contribution in [1.29, 1.82) is 0 Å². The molecule has 4 aromatic heterocycles. The molecule has 0 radical (unpaired) electrons. The number of para-hydroxylation sites is 2. The summed E-state index contributed by atoms with van der Waals surface area (Å²) in [6, 6.07) is 81.0. The van der Waals surface area contributed by atoms with Crippen molar-refractivity contribution >= 4 is 107 Å². The summed E-state index contributed by atoms with van der Waals surface area (Å²) in [7, 11) is 0. The number of fused-ring (bicyclic) bond motifs is 16. The monoisotopic (exact) mass is 895 g/mol. The van der Waals surface area contributed by atoms with Gasteiger partial charge in [0.15, 0.2) is 11.6 Å². The third-order valence-corrected chi connectivity index (χ3v) is 15.4. The molecule has 0 saturated heterocycles. The van der Waals surface area contributed by atoms with E-state index in [0.29, 0.717) is 17.6 Å². The Morgan fingerprint density at radius 3 is 1.54 bits per heavy atom. The second-order valence-corrected chi connectivity index (χ2v) is 18.9. The molecule has 0 spiro atoms. The number of thiophene rings is 1. The van der Waals surface area contributed by atoms with E-state index in [1.807, 2.05) is 18.2 Å². The summed E-state index contributed by atoms with van der Waals surface area (Å²) in [6.45, 7) is 0. The van der Waals surface area contributed by atoms with Crippen molar-refractivity contribution in [2.45, 2.75) is 0 Å². The molecule has 6 heteroatoms. The Kier molecular flexibility index (Phi) is 8.17. The first kappa shape index (κ1) is 38.2. The maximum absolute atomic E-state index is 5.51. The molecule has 320 valence electrons. The highest BCUT2D eigenvalue weighted by Crippen LogP contribution is 2.44. The van der Waals surface area contributed by atoms with Crippen LogP contribution < -0.4 is 0 Å². The van der Waals surface area contributed by atoms with Gasteiger partial charge in [-0.3, -0.25) is 4.57 Å². The number of hydrogen-bond donors (Lipinski definition) is 0. The Morgan fingerprint density at radius 1 is 0.304 bits per heavy atom. The molecule has 69 heavy (non-hydrogen) atoms. The predicted molar refractivity (Wildman–Crippen MR) is 290 cm³/mol. The van der Waals surface area contributed by atoms with Crippen LogP contribution in [0, 0.1) is 0 Å². The first-order valence-corrected chi connectivity index (χ1v) is 24.2. The lowest BCUT2D eigenvalue weighted by Gasteiger charge is -2.15. The molecule has 15 rings (SSSR count). The number of rotatable bonds is 5. The Hall–Kier alpha value is -8.97. The molecule has 0 N–H and O–H groups in total. The van der Waals surface area contributed by atoms with Gasteiger partial charge in [0.05, 0.1) is 22.1 Å². The molecule has 0 aliphatic rings. The fourth-order valence-electron chi connectivity index (χ4n) is 11.1. The topological polar surface area (TPSA) is 48.5 Å². The van der Waals surface area contributed by atoms with Crippen molar-refractivity contribution in [1.82, 2.24) is 24.1 Å². The van der Waals surface area contributed by atoms with Crippen LogP contribution in [0.3, 0.4) is 0 Å². The van der Waals surface area contributed by atoms with Gasteiger partial charge in [-0.2, -0.15) is 9.97 Å². The van der Waals surface area contributed by atoms with E-state index in [2.05, 4.69) is 215 Å². The van der Waals surface area contributed by atoms with Gasteiger partial charge in [0.25, 0.3) is 0 Å². The Labute approximate surface area is 399 Å². The van der Waals surface area contributed by atoms with E-state index < -0.39 is 0 Å². The second-order valence-electron chi connectivity index (χ2n) is 17.9. The van der Waals surface area contributed by atoms with Crippen LogP contribution in [0.4, 0.5) is 0 Å². The van der Waals surface area contributed by atoms with Crippen LogP contribution in [0.5, 0.6) is 0 Å². The molecule has 0 unspecified atom stereocenters. The molecular weight excluding hydrogens is 859 g/mol. The minimum atomic E-state index is 0.567. The minimum absolute atomic E-state index is 0.567. The van der Waals surface area contributed by atoms with Gasteiger partial charge in [-0.15, -0.1) is 11.3 Å². The van der Waals surface area contributed by atoms with E-state index in [1.165, 1.54) is 58.7 Å². The predicted octanol–water partition coefficient (Wildman–Crippen LogP) is 16.9. The molecule has 0 saturated carbocycles. The largest absolute Gasteiger partial charge is 0.307 e. The van der Waals surface area contributed by atoms with E-state index in [-0.39, 0.29) is 0 Å². The first-order chi connectivity index (χ1) is 34.2. The molecule has 0 aliphatic carbocycles. The maximum Gasteiger partial charge on any atom is 0.238 e. The number of hydrogen-bond acceptors (Lipinski definition) is 4. The van der Waals surface area contributed by atoms with Crippen LogP contribution in [-0.2, 0) is 0 Å². The van der Waals surface area contributed by atoms with Crippen LogP contribution in [0.15, 0.2) is 224 Å². The zero-order valence-electron chi connectivity index (χ0n) is 37.0. The summed E-state index contributed by atoms with van der Waals surface area (Å²) >= 11 is 1.79. The molecule has 0 fully saturated rings.